The minimum Gasteiger partial charge on any atom is -0.328 e. The van der Waals surface area contributed by atoms with Gasteiger partial charge in [-0.1, -0.05) is 35.5 Å². The minimum absolute atomic E-state index is 0.0533. The number of urea groups is 1. The monoisotopic (exact) mass is 526 g/mol. The van der Waals surface area contributed by atoms with E-state index in [0.29, 0.717) is 33.1 Å². The van der Waals surface area contributed by atoms with Gasteiger partial charge in [-0.3, -0.25) is 14.7 Å². The van der Waals surface area contributed by atoms with E-state index in [1.807, 2.05) is 0 Å². The second kappa shape index (κ2) is 11.2. The number of benzene rings is 3. The molecule has 1 heterocycles. The molecule has 1 unspecified atom stereocenters. The van der Waals surface area contributed by atoms with Gasteiger partial charge in [0.2, 0.25) is 0 Å². The SMILES string of the molecule is CC(NC(=O)Nc1ccc(Cl)cc1)c1nnc(SCc2ccc(F)cc2)n1-c1ccc([N+](=O)[O-])cc1. The van der Waals surface area contributed by atoms with Crippen LogP contribution in [0.1, 0.15) is 24.4 Å². The molecule has 0 fully saturated rings. The Morgan fingerprint density at radius 3 is 2.39 bits per heavy atom. The van der Waals surface area contributed by atoms with E-state index in [2.05, 4.69) is 20.8 Å². The summed E-state index contributed by atoms with van der Waals surface area (Å²) in [5.41, 5.74) is 1.99. The first-order valence-electron chi connectivity index (χ1n) is 10.7. The number of carbonyl (C=O) groups excluding carboxylic acids is 1. The summed E-state index contributed by atoms with van der Waals surface area (Å²) in [6, 6.07) is 17.7. The van der Waals surface area contributed by atoms with Crippen LogP contribution in [0, 0.1) is 15.9 Å². The molecule has 0 saturated heterocycles. The fraction of sp³-hybridized carbons (Fsp3) is 0.125. The van der Waals surface area contributed by atoms with Gasteiger partial charge in [-0.2, -0.15) is 0 Å². The van der Waals surface area contributed by atoms with Crippen molar-refractivity contribution in [3.63, 3.8) is 0 Å². The number of non-ortho nitro benzene ring substituents is 1. The zero-order valence-electron chi connectivity index (χ0n) is 18.9. The van der Waals surface area contributed by atoms with E-state index in [4.69, 9.17) is 11.6 Å². The lowest BCUT2D eigenvalue weighted by atomic mass is 10.2. The maximum Gasteiger partial charge on any atom is 0.319 e. The van der Waals surface area contributed by atoms with E-state index < -0.39 is 17.0 Å². The second-order valence-electron chi connectivity index (χ2n) is 7.69. The van der Waals surface area contributed by atoms with Gasteiger partial charge in [0.25, 0.3) is 5.69 Å². The highest BCUT2D eigenvalue weighted by molar-refractivity contribution is 7.98. The number of nitro groups is 1. The summed E-state index contributed by atoms with van der Waals surface area (Å²) in [4.78, 5) is 23.2. The van der Waals surface area contributed by atoms with Gasteiger partial charge in [0.05, 0.1) is 11.0 Å². The largest absolute Gasteiger partial charge is 0.328 e. The van der Waals surface area contributed by atoms with E-state index >= 15 is 0 Å². The number of thioether (sulfide) groups is 1. The highest BCUT2D eigenvalue weighted by Crippen LogP contribution is 2.28. The van der Waals surface area contributed by atoms with Gasteiger partial charge in [0, 0.05) is 34.3 Å². The van der Waals surface area contributed by atoms with E-state index in [9.17, 15) is 19.3 Å². The molecule has 1 aromatic heterocycles. The molecule has 3 aromatic carbocycles. The molecule has 0 aliphatic rings. The molecule has 9 nitrogen and oxygen atoms in total. The normalized spacial score (nSPS) is 11.6. The molecule has 2 N–H and O–H groups in total. The van der Waals surface area contributed by atoms with Gasteiger partial charge in [-0.15, -0.1) is 10.2 Å². The van der Waals surface area contributed by atoms with Crippen molar-refractivity contribution in [2.24, 2.45) is 0 Å². The number of rotatable bonds is 8. The molecule has 12 heteroatoms. The standard InChI is InChI=1S/C24H20ClFN6O3S/c1-15(27-23(33)28-19-8-4-17(25)5-9-19)22-29-30-24(36-14-16-2-6-18(26)7-3-16)31(22)20-10-12-21(13-11-20)32(34)35/h2-13,15H,14H2,1H3,(H2,27,28,33). The Balaban J connectivity index is 1.58. The van der Waals surface area contributed by atoms with Gasteiger partial charge in [-0.25, -0.2) is 9.18 Å². The Hall–Kier alpha value is -3.96. The number of hydrogen-bond donors (Lipinski definition) is 2. The van der Waals surface area contributed by atoms with Crippen LogP contribution in [0.5, 0.6) is 0 Å². The maximum atomic E-state index is 13.2. The lowest BCUT2D eigenvalue weighted by Gasteiger charge is -2.17. The van der Waals surface area contributed by atoms with Gasteiger partial charge in [0.1, 0.15) is 5.82 Å². The lowest BCUT2D eigenvalue weighted by molar-refractivity contribution is -0.384. The summed E-state index contributed by atoms with van der Waals surface area (Å²) in [6.45, 7) is 1.75. The number of carbonyl (C=O) groups is 1. The third-order valence-corrected chi connectivity index (χ3v) is 6.35. The van der Waals surface area contributed by atoms with Gasteiger partial charge < -0.3 is 10.6 Å². The predicted molar refractivity (Wildman–Crippen MR) is 136 cm³/mol. The summed E-state index contributed by atoms with van der Waals surface area (Å²) < 4.78 is 15.0. The second-order valence-corrected chi connectivity index (χ2v) is 9.07. The fourth-order valence-corrected chi connectivity index (χ4v) is 4.35. The van der Waals surface area contributed by atoms with E-state index in [0.717, 1.165) is 5.56 Å². The number of nitro benzene ring substituents is 1. The number of hydrogen-bond acceptors (Lipinski definition) is 6. The van der Waals surface area contributed by atoms with Crippen molar-refractivity contribution in [1.82, 2.24) is 20.1 Å². The molecule has 0 spiro atoms. The topological polar surface area (TPSA) is 115 Å². The number of nitrogens with one attached hydrogen (secondary N) is 2. The van der Waals surface area contributed by atoms with Gasteiger partial charge >= 0.3 is 6.03 Å². The van der Waals surface area contributed by atoms with Crippen LogP contribution < -0.4 is 10.6 Å². The van der Waals surface area contributed by atoms with Crippen molar-refractivity contribution < 1.29 is 14.1 Å². The molecule has 1 atom stereocenters. The number of amides is 2. The molecule has 0 aliphatic heterocycles. The first-order chi connectivity index (χ1) is 17.3. The summed E-state index contributed by atoms with van der Waals surface area (Å²) in [7, 11) is 0. The van der Waals surface area contributed by atoms with Crippen LogP contribution in [-0.4, -0.2) is 25.7 Å². The zero-order valence-corrected chi connectivity index (χ0v) is 20.5. The summed E-state index contributed by atoms with van der Waals surface area (Å²) in [5, 5.41) is 26.3. The number of aromatic nitrogens is 3. The van der Waals surface area contributed by atoms with Gasteiger partial charge in [-0.05, 0) is 61.0 Å². The van der Waals surface area contributed by atoms with Crippen molar-refractivity contribution in [3.05, 3.63) is 105 Å². The minimum atomic E-state index is -0.569. The molecular formula is C24H20ClFN6O3S. The van der Waals surface area contributed by atoms with Crippen LogP contribution in [0.25, 0.3) is 5.69 Å². The fourth-order valence-electron chi connectivity index (χ4n) is 3.31. The quantitative estimate of drug-likeness (QED) is 0.162. The highest BCUT2D eigenvalue weighted by atomic mass is 35.5. The van der Waals surface area contributed by atoms with Gasteiger partial charge in [0.15, 0.2) is 11.0 Å². The molecule has 4 aromatic rings. The maximum absolute atomic E-state index is 13.2. The molecule has 0 radical (unpaired) electrons. The van der Waals surface area contributed by atoms with Crippen molar-refractivity contribution in [3.8, 4) is 5.69 Å². The first kappa shape index (κ1) is 25.1. The van der Waals surface area contributed by atoms with Crippen LogP contribution in [0.15, 0.2) is 78.0 Å². The molecular weight excluding hydrogens is 507 g/mol. The third kappa shape index (κ3) is 6.18. The van der Waals surface area contributed by atoms with Crippen molar-refractivity contribution in [2.75, 3.05) is 5.32 Å². The van der Waals surface area contributed by atoms with E-state index in [-0.39, 0.29) is 11.5 Å². The third-order valence-electron chi connectivity index (χ3n) is 5.10. The van der Waals surface area contributed by atoms with Crippen molar-refractivity contribution in [2.45, 2.75) is 23.9 Å². The number of nitrogens with zero attached hydrogens (tertiary/aromatic N) is 4. The average Bonchev–Trinajstić information content (AvgIpc) is 3.29. The predicted octanol–water partition coefficient (Wildman–Crippen LogP) is 6.14. The van der Waals surface area contributed by atoms with E-state index in [1.165, 1.54) is 36.0 Å². The highest BCUT2D eigenvalue weighted by Gasteiger charge is 2.22. The Morgan fingerprint density at radius 2 is 1.75 bits per heavy atom. The lowest BCUT2D eigenvalue weighted by Crippen LogP contribution is -2.32. The van der Waals surface area contributed by atoms with Crippen LogP contribution in [0.4, 0.5) is 20.6 Å². The van der Waals surface area contributed by atoms with E-state index in [1.54, 1.807) is 60.0 Å². The van der Waals surface area contributed by atoms with Crippen LogP contribution >= 0.6 is 23.4 Å². The smallest absolute Gasteiger partial charge is 0.319 e. The molecule has 0 bridgehead atoms. The Morgan fingerprint density at radius 1 is 1.08 bits per heavy atom. The zero-order chi connectivity index (χ0) is 25.7. The number of anilines is 1. The molecule has 2 amide bonds. The average molecular weight is 527 g/mol. The van der Waals surface area contributed by atoms with Crippen molar-refractivity contribution >= 4 is 40.8 Å². The Kier molecular flexibility index (Phi) is 7.81. The number of halogens is 2. The first-order valence-corrected chi connectivity index (χ1v) is 12.1. The Labute approximate surface area is 214 Å². The van der Waals surface area contributed by atoms with Crippen LogP contribution in [-0.2, 0) is 5.75 Å². The van der Waals surface area contributed by atoms with Crippen LogP contribution in [0.2, 0.25) is 5.02 Å². The molecule has 184 valence electrons. The van der Waals surface area contributed by atoms with Crippen molar-refractivity contribution in [1.29, 1.82) is 0 Å². The summed E-state index contributed by atoms with van der Waals surface area (Å²) in [6.07, 6.45) is 0. The molecule has 4 rings (SSSR count). The molecule has 36 heavy (non-hydrogen) atoms. The Bertz CT molecular complexity index is 1360. The molecule has 0 aliphatic carbocycles. The molecule has 0 saturated carbocycles. The van der Waals surface area contributed by atoms with Crippen LogP contribution in [0.3, 0.4) is 0 Å². The summed E-state index contributed by atoms with van der Waals surface area (Å²) >= 11 is 7.25. The summed E-state index contributed by atoms with van der Waals surface area (Å²) in [5.74, 6) is 0.595.